The highest BCUT2D eigenvalue weighted by Crippen LogP contribution is 2.68. The van der Waals surface area contributed by atoms with E-state index >= 15 is 4.39 Å². The molecule has 17 heteroatoms. The van der Waals surface area contributed by atoms with Crippen LogP contribution in [-0.4, -0.2) is 87.6 Å². The van der Waals surface area contributed by atoms with Crippen molar-refractivity contribution in [2.24, 2.45) is 16.7 Å². The van der Waals surface area contributed by atoms with Gasteiger partial charge < -0.3 is 25.8 Å². The molecule has 1 aromatic heterocycles. The Kier molecular flexibility index (Phi) is 10.4. The van der Waals surface area contributed by atoms with Crippen molar-refractivity contribution in [3.63, 3.8) is 0 Å². The van der Waals surface area contributed by atoms with Gasteiger partial charge in [0.25, 0.3) is 5.91 Å². The van der Waals surface area contributed by atoms with Crippen LogP contribution in [0.25, 0.3) is 0 Å². The molecule has 2 bridgehead atoms. The minimum Gasteiger partial charge on any atom is -0.384 e. The number of hydrogen-bond acceptors (Lipinski definition) is 8. The number of amides is 5. The first-order valence-corrected chi connectivity index (χ1v) is 23.0. The number of pyridine rings is 1. The molecule has 1 spiro atoms. The lowest BCUT2D eigenvalue weighted by Crippen LogP contribution is -2.79. The second kappa shape index (κ2) is 15.5. The topological polar surface area (TPSA) is 153 Å². The number of hydrogen-bond donors (Lipinski definition) is 4. The first kappa shape index (κ1) is 44.3. The number of nitrogens with zero attached hydrogens (tertiary/aromatic N) is 3. The highest BCUT2D eigenvalue weighted by molar-refractivity contribution is 6.30. The Balaban J connectivity index is 0.800. The molecular formula is C49H50ClF4N7O5. The van der Waals surface area contributed by atoms with E-state index in [0.29, 0.717) is 69.2 Å². The van der Waals surface area contributed by atoms with Gasteiger partial charge >= 0.3 is 6.18 Å². The third-order valence-corrected chi connectivity index (χ3v) is 15.5. The van der Waals surface area contributed by atoms with E-state index in [1.165, 1.54) is 17.2 Å². The number of carbonyl (C=O) groups is 5. The molecule has 12 nitrogen and oxygen atoms in total. The molecule has 11 rings (SSSR count). The van der Waals surface area contributed by atoms with E-state index in [9.17, 15) is 37.1 Å². The maximum Gasteiger partial charge on any atom is 0.433 e. The maximum atomic E-state index is 16.3. The Labute approximate surface area is 384 Å². The summed E-state index contributed by atoms with van der Waals surface area (Å²) in [6.45, 7) is 7.60. The summed E-state index contributed by atoms with van der Waals surface area (Å²) in [7, 11) is 0. The van der Waals surface area contributed by atoms with Crippen LogP contribution in [-0.2, 0) is 37.3 Å². The van der Waals surface area contributed by atoms with Crippen LogP contribution in [0, 0.1) is 34.4 Å². The van der Waals surface area contributed by atoms with Crippen molar-refractivity contribution in [2.45, 2.75) is 120 Å². The standard InChI is InChI=1S/C49H50ClF4N7O5/c1-45(2,3)19-36-48(25-56-33-18-35(49(52,53)54)55-20-31(33)48)38(30-5-4-6-32(50)39(30)51)40(57-36)42(64)59-47-22-46(23-47,24-47)44(66)60-15-13-26(14-16-60)7-8-27-9-10-29-28(17-27)21-61(43(29)65)34-11-12-37(62)58-41(34)63/h4-6,9-10,17-18,20,26,34,36,38,40,56-57H,11-16,19,21-25H2,1-3H3,(H,59,64)(H,58,62,63)/t34?,36-,38-,40+,46?,47?,48-/m0/s1. The number of fused-ring (bicyclic) bond motifs is 3. The molecule has 0 radical (unpaired) electrons. The molecule has 3 aliphatic carbocycles. The largest absolute Gasteiger partial charge is 0.433 e. The van der Waals surface area contributed by atoms with Crippen molar-refractivity contribution in [3.05, 3.63) is 93.0 Å². The van der Waals surface area contributed by atoms with E-state index in [-0.39, 0.29) is 70.7 Å². The average Bonchev–Trinajstić information content (AvgIpc) is 3.88. The van der Waals surface area contributed by atoms with E-state index in [4.69, 9.17) is 11.6 Å². The number of rotatable bonds is 6. The Hall–Kier alpha value is -5.53. The van der Waals surface area contributed by atoms with Gasteiger partial charge in [0.2, 0.25) is 23.6 Å². The van der Waals surface area contributed by atoms with Gasteiger partial charge in [-0.3, -0.25) is 34.3 Å². The molecular weight excluding hydrogens is 878 g/mol. The molecule has 4 N–H and O–H groups in total. The second-order valence-electron chi connectivity index (χ2n) is 20.8. The summed E-state index contributed by atoms with van der Waals surface area (Å²) in [5.74, 6) is 3.76. The van der Waals surface area contributed by atoms with Gasteiger partial charge in [0.1, 0.15) is 17.6 Å². The lowest BCUT2D eigenvalue weighted by Gasteiger charge is -2.70. The summed E-state index contributed by atoms with van der Waals surface area (Å²) in [5.41, 5.74) is -0.665. The Morgan fingerprint density at radius 1 is 1.02 bits per heavy atom. The molecule has 5 amide bonds. The number of benzene rings is 2. The predicted molar refractivity (Wildman–Crippen MR) is 234 cm³/mol. The number of carbonyl (C=O) groups excluding carboxylic acids is 5. The van der Waals surface area contributed by atoms with E-state index < -0.39 is 64.0 Å². The maximum absolute atomic E-state index is 16.3. The van der Waals surface area contributed by atoms with Crippen LogP contribution in [0.5, 0.6) is 0 Å². The number of aromatic nitrogens is 1. The third kappa shape index (κ3) is 7.32. The van der Waals surface area contributed by atoms with E-state index in [2.05, 4.69) is 38.1 Å². The Morgan fingerprint density at radius 3 is 2.45 bits per heavy atom. The zero-order chi connectivity index (χ0) is 46.7. The average molecular weight is 928 g/mol. The number of nitrogens with one attached hydrogen (secondary N) is 4. The van der Waals surface area contributed by atoms with Crippen molar-refractivity contribution in [1.29, 1.82) is 0 Å². The van der Waals surface area contributed by atoms with Gasteiger partial charge in [0.05, 0.1) is 16.5 Å². The van der Waals surface area contributed by atoms with Gasteiger partial charge in [0.15, 0.2) is 0 Å². The zero-order valence-electron chi connectivity index (χ0n) is 36.8. The molecule has 5 atom stereocenters. The van der Waals surface area contributed by atoms with Crippen LogP contribution in [0.1, 0.15) is 116 Å². The lowest BCUT2D eigenvalue weighted by molar-refractivity contribution is -0.194. The van der Waals surface area contributed by atoms with Gasteiger partial charge in [-0.15, -0.1) is 0 Å². The van der Waals surface area contributed by atoms with Gasteiger partial charge in [-0.2, -0.15) is 13.2 Å². The molecule has 346 valence electrons. The molecule has 6 fully saturated rings. The van der Waals surface area contributed by atoms with Crippen molar-refractivity contribution in [1.82, 2.24) is 30.7 Å². The van der Waals surface area contributed by atoms with Crippen molar-refractivity contribution in [3.8, 4) is 11.8 Å². The summed E-state index contributed by atoms with van der Waals surface area (Å²) in [4.78, 5) is 73.2. The van der Waals surface area contributed by atoms with E-state index in [1.54, 1.807) is 24.3 Å². The van der Waals surface area contributed by atoms with Crippen molar-refractivity contribution in [2.75, 3.05) is 25.0 Å². The normalized spacial score (nSPS) is 30.2. The van der Waals surface area contributed by atoms with Crippen LogP contribution in [0.2, 0.25) is 5.02 Å². The third-order valence-electron chi connectivity index (χ3n) is 15.2. The highest BCUT2D eigenvalue weighted by atomic mass is 35.5. The molecule has 2 aromatic carbocycles. The highest BCUT2D eigenvalue weighted by Gasteiger charge is 2.73. The Bertz CT molecular complexity index is 2650. The second-order valence-corrected chi connectivity index (χ2v) is 21.2. The zero-order valence-corrected chi connectivity index (χ0v) is 37.5. The van der Waals surface area contributed by atoms with Crippen LogP contribution < -0.4 is 21.3 Å². The van der Waals surface area contributed by atoms with Crippen LogP contribution >= 0.6 is 11.6 Å². The first-order chi connectivity index (χ1) is 31.2. The fraction of sp³-hybridized carbons (Fsp3) is 0.510. The molecule has 66 heavy (non-hydrogen) atoms. The molecule has 3 aromatic rings. The molecule has 3 saturated carbocycles. The molecule has 1 unspecified atom stereocenters. The van der Waals surface area contributed by atoms with Crippen LogP contribution in [0.4, 0.5) is 23.2 Å². The summed E-state index contributed by atoms with van der Waals surface area (Å²) in [6.07, 6.45) is 0.330. The number of halogens is 5. The molecule has 8 aliphatic rings. The van der Waals surface area contributed by atoms with E-state index in [1.807, 2.05) is 31.7 Å². The SMILES string of the molecule is CC(C)(C)C[C@@H]1N[C@@H](C(=O)NC23CC(C(=O)N4CCC(C#Cc5ccc6c(c5)CN(C5CCC(=O)NC5=O)C6=O)CC4)(C2)C3)[C@H](c2cccc(Cl)c2F)[C@]12CNc1cc(C(F)(F)F)ncc12. The number of piperidine rings is 2. The minimum absolute atomic E-state index is 0.0636. The van der Waals surface area contributed by atoms with Crippen molar-refractivity contribution >= 4 is 46.8 Å². The Morgan fingerprint density at radius 2 is 1.76 bits per heavy atom. The smallest absolute Gasteiger partial charge is 0.384 e. The molecule has 6 heterocycles. The van der Waals surface area contributed by atoms with Crippen molar-refractivity contribution < 1.29 is 41.5 Å². The van der Waals surface area contributed by atoms with Crippen LogP contribution in [0.15, 0.2) is 48.7 Å². The quantitative estimate of drug-likeness (QED) is 0.130. The first-order valence-electron chi connectivity index (χ1n) is 22.6. The number of alkyl halides is 3. The predicted octanol–water partition coefficient (Wildman–Crippen LogP) is 6.21. The number of imide groups is 1. The summed E-state index contributed by atoms with van der Waals surface area (Å²) >= 11 is 6.36. The lowest BCUT2D eigenvalue weighted by atomic mass is 9.38. The minimum atomic E-state index is -4.68. The van der Waals surface area contributed by atoms with Crippen LogP contribution in [0.3, 0.4) is 0 Å². The molecule has 3 saturated heterocycles. The monoisotopic (exact) mass is 927 g/mol. The van der Waals surface area contributed by atoms with Gasteiger partial charge in [-0.1, -0.05) is 56.3 Å². The summed E-state index contributed by atoms with van der Waals surface area (Å²) in [6, 6.07) is 8.85. The fourth-order valence-corrected chi connectivity index (χ4v) is 12.4. The van der Waals surface area contributed by atoms with Gasteiger partial charge in [-0.25, -0.2) is 4.39 Å². The van der Waals surface area contributed by atoms with Gasteiger partial charge in [-0.05, 0) is 91.8 Å². The number of likely N-dealkylation sites (tertiary alicyclic amines) is 1. The molecule has 5 aliphatic heterocycles. The fourth-order valence-electron chi connectivity index (χ4n) is 12.2. The van der Waals surface area contributed by atoms with E-state index in [0.717, 1.165) is 17.2 Å². The number of anilines is 1. The van der Waals surface area contributed by atoms with Gasteiger partial charge in [0, 0.05) is 90.0 Å². The summed E-state index contributed by atoms with van der Waals surface area (Å²) in [5, 5.41) is 12.2. The summed E-state index contributed by atoms with van der Waals surface area (Å²) < 4.78 is 57.8.